The van der Waals surface area contributed by atoms with E-state index in [0.717, 1.165) is 5.56 Å². The van der Waals surface area contributed by atoms with Crippen LogP contribution in [0.25, 0.3) is 0 Å². The molecule has 0 aliphatic heterocycles. The summed E-state index contributed by atoms with van der Waals surface area (Å²) in [6, 6.07) is 9.22. The van der Waals surface area contributed by atoms with E-state index < -0.39 is 11.5 Å². The van der Waals surface area contributed by atoms with E-state index in [1.165, 1.54) is 6.08 Å². The van der Waals surface area contributed by atoms with Gasteiger partial charge in [0.15, 0.2) is 0 Å². The maximum atomic E-state index is 11.0. The number of benzene rings is 1. The highest BCUT2D eigenvalue weighted by Gasteiger charge is 2.31. The standard InChI is InChI=1S/C12H13NO2/c1-2-8-12(13,11(14)15)9-10-6-4-3-5-7-10/h3-8H,1,9,13H2,(H,14,15)/t12-/m1/s1. The minimum Gasteiger partial charge on any atom is -0.480 e. The lowest BCUT2D eigenvalue weighted by atomic mass is 9.92. The molecule has 0 unspecified atom stereocenters. The summed E-state index contributed by atoms with van der Waals surface area (Å²) in [5.41, 5.74) is 7.60. The zero-order valence-corrected chi connectivity index (χ0v) is 8.31. The molecule has 3 N–H and O–H groups in total. The van der Waals surface area contributed by atoms with Crippen LogP contribution < -0.4 is 5.73 Å². The second-order valence-electron chi connectivity index (χ2n) is 3.36. The fraction of sp³-hybridized carbons (Fsp3) is 0.167. The number of carbonyl (C=O) groups is 1. The first-order valence-corrected chi connectivity index (χ1v) is 4.52. The Labute approximate surface area is 88.5 Å². The molecule has 0 amide bonds. The molecule has 0 radical (unpaired) electrons. The number of nitrogens with two attached hydrogens (primary N) is 1. The lowest BCUT2D eigenvalue weighted by Gasteiger charge is -2.19. The lowest BCUT2D eigenvalue weighted by molar-refractivity contribution is -0.141. The number of carboxylic acid groups (broad SMARTS) is 1. The second-order valence-corrected chi connectivity index (χ2v) is 3.36. The Hall–Kier alpha value is -1.83. The SMILES string of the molecule is C=C=C[C@@](N)(Cc1ccccc1)C(=O)O. The molecule has 3 nitrogen and oxygen atoms in total. The van der Waals surface area contributed by atoms with Crippen molar-refractivity contribution in [3.8, 4) is 0 Å². The van der Waals surface area contributed by atoms with Crippen LogP contribution in [-0.2, 0) is 11.2 Å². The van der Waals surface area contributed by atoms with Gasteiger partial charge in [-0.1, -0.05) is 36.9 Å². The monoisotopic (exact) mass is 203 g/mol. The molecule has 1 aromatic rings. The molecule has 0 bridgehead atoms. The summed E-state index contributed by atoms with van der Waals surface area (Å²) in [5.74, 6) is -1.08. The zero-order chi connectivity index (χ0) is 11.3. The van der Waals surface area contributed by atoms with Gasteiger partial charge < -0.3 is 10.8 Å². The molecule has 1 aromatic carbocycles. The second kappa shape index (κ2) is 4.60. The summed E-state index contributed by atoms with van der Waals surface area (Å²) in [6.07, 6.45) is 1.51. The van der Waals surface area contributed by atoms with Gasteiger partial charge in [-0.15, -0.1) is 5.73 Å². The fourth-order valence-electron chi connectivity index (χ4n) is 1.30. The molecule has 78 valence electrons. The van der Waals surface area contributed by atoms with Crippen LogP contribution in [0.5, 0.6) is 0 Å². The largest absolute Gasteiger partial charge is 0.480 e. The van der Waals surface area contributed by atoms with Gasteiger partial charge in [0.05, 0.1) is 0 Å². The minimum atomic E-state index is -1.43. The first-order chi connectivity index (χ1) is 7.08. The van der Waals surface area contributed by atoms with Gasteiger partial charge in [-0.25, -0.2) is 4.79 Å². The summed E-state index contributed by atoms with van der Waals surface area (Å²) in [7, 11) is 0. The molecule has 0 aliphatic rings. The zero-order valence-electron chi connectivity index (χ0n) is 8.31. The molecule has 15 heavy (non-hydrogen) atoms. The summed E-state index contributed by atoms with van der Waals surface area (Å²) < 4.78 is 0. The van der Waals surface area contributed by atoms with Crippen molar-refractivity contribution < 1.29 is 9.90 Å². The normalized spacial score (nSPS) is 13.7. The Morgan fingerprint density at radius 2 is 2.13 bits per heavy atom. The van der Waals surface area contributed by atoms with Crippen molar-refractivity contribution in [1.29, 1.82) is 0 Å². The maximum absolute atomic E-state index is 11.0. The average Bonchev–Trinajstić information content (AvgIpc) is 2.19. The van der Waals surface area contributed by atoms with E-state index in [4.69, 9.17) is 10.8 Å². The third-order valence-electron chi connectivity index (χ3n) is 2.10. The highest BCUT2D eigenvalue weighted by Crippen LogP contribution is 2.12. The van der Waals surface area contributed by atoms with Crippen molar-refractivity contribution in [2.24, 2.45) is 5.73 Å². The topological polar surface area (TPSA) is 63.3 Å². The average molecular weight is 203 g/mol. The third-order valence-corrected chi connectivity index (χ3v) is 2.10. The molecule has 0 spiro atoms. The predicted molar refractivity (Wildman–Crippen MR) is 58.4 cm³/mol. The van der Waals surface area contributed by atoms with Gasteiger partial charge >= 0.3 is 5.97 Å². The molecule has 3 heteroatoms. The van der Waals surface area contributed by atoms with E-state index in [9.17, 15) is 4.79 Å². The number of aliphatic carboxylic acids is 1. The molecule has 0 fully saturated rings. The van der Waals surface area contributed by atoms with Gasteiger partial charge in [-0.2, -0.15) is 0 Å². The molecular weight excluding hydrogens is 190 g/mol. The Balaban J connectivity index is 2.95. The van der Waals surface area contributed by atoms with Crippen molar-refractivity contribution in [3.05, 3.63) is 54.3 Å². The third kappa shape index (κ3) is 2.81. The number of hydrogen-bond acceptors (Lipinski definition) is 2. The van der Waals surface area contributed by atoms with Crippen LogP contribution in [0.4, 0.5) is 0 Å². The van der Waals surface area contributed by atoms with Gasteiger partial charge in [0.2, 0.25) is 0 Å². The molecule has 0 aliphatic carbocycles. The molecule has 1 atom stereocenters. The van der Waals surface area contributed by atoms with Crippen LogP contribution in [0.2, 0.25) is 0 Å². The Kier molecular flexibility index (Phi) is 3.45. The van der Waals surface area contributed by atoms with Crippen LogP contribution in [0, 0.1) is 0 Å². The number of rotatable bonds is 4. The van der Waals surface area contributed by atoms with Gasteiger partial charge in [-0.3, -0.25) is 0 Å². The lowest BCUT2D eigenvalue weighted by Crippen LogP contribution is -2.47. The smallest absolute Gasteiger partial charge is 0.328 e. The van der Waals surface area contributed by atoms with Crippen LogP contribution in [0.15, 0.2) is 48.7 Å². The van der Waals surface area contributed by atoms with Crippen LogP contribution in [-0.4, -0.2) is 16.6 Å². The van der Waals surface area contributed by atoms with Gasteiger partial charge in [0.1, 0.15) is 5.54 Å². The summed E-state index contributed by atoms with van der Waals surface area (Å²) in [4.78, 5) is 11.0. The minimum absolute atomic E-state index is 0.228. The van der Waals surface area contributed by atoms with Crippen molar-refractivity contribution in [1.82, 2.24) is 0 Å². The Morgan fingerprint density at radius 1 is 1.53 bits per heavy atom. The first kappa shape index (κ1) is 11.2. The number of hydrogen-bond donors (Lipinski definition) is 2. The quantitative estimate of drug-likeness (QED) is 0.726. The summed E-state index contributed by atoms with van der Waals surface area (Å²) >= 11 is 0. The highest BCUT2D eigenvalue weighted by molar-refractivity contribution is 5.81. The van der Waals surface area contributed by atoms with Crippen molar-refractivity contribution in [2.45, 2.75) is 12.0 Å². The van der Waals surface area contributed by atoms with Crippen molar-refractivity contribution in [3.63, 3.8) is 0 Å². The van der Waals surface area contributed by atoms with E-state index in [1.54, 1.807) is 0 Å². The van der Waals surface area contributed by atoms with E-state index in [0.29, 0.717) is 0 Å². The van der Waals surface area contributed by atoms with E-state index in [-0.39, 0.29) is 6.42 Å². The molecular formula is C12H13NO2. The van der Waals surface area contributed by atoms with E-state index in [2.05, 4.69) is 12.3 Å². The number of carboxylic acids is 1. The molecule has 0 aromatic heterocycles. The van der Waals surface area contributed by atoms with Gasteiger partial charge in [-0.05, 0) is 11.6 Å². The molecule has 0 heterocycles. The fourth-order valence-corrected chi connectivity index (χ4v) is 1.30. The van der Waals surface area contributed by atoms with E-state index in [1.807, 2.05) is 30.3 Å². The van der Waals surface area contributed by atoms with Crippen LogP contribution in [0.1, 0.15) is 5.56 Å². The highest BCUT2D eigenvalue weighted by atomic mass is 16.4. The molecule has 1 rings (SSSR count). The van der Waals surface area contributed by atoms with Gasteiger partial charge in [0.25, 0.3) is 0 Å². The van der Waals surface area contributed by atoms with Crippen LogP contribution in [0.3, 0.4) is 0 Å². The summed E-state index contributed by atoms with van der Waals surface area (Å²) in [6.45, 7) is 3.35. The van der Waals surface area contributed by atoms with Crippen molar-refractivity contribution >= 4 is 5.97 Å². The first-order valence-electron chi connectivity index (χ1n) is 4.52. The van der Waals surface area contributed by atoms with Gasteiger partial charge in [0, 0.05) is 6.42 Å². The predicted octanol–water partition coefficient (Wildman–Crippen LogP) is 1.35. The summed E-state index contributed by atoms with van der Waals surface area (Å²) in [5, 5.41) is 9.00. The molecule has 0 saturated heterocycles. The van der Waals surface area contributed by atoms with E-state index >= 15 is 0 Å². The molecule has 0 saturated carbocycles. The van der Waals surface area contributed by atoms with Crippen molar-refractivity contribution in [2.75, 3.05) is 0 Å². The Bertz CT molecular complexity index is 389. The van der Waals surface area contributed by atoms with Crippen LogP contribution >= 0.6 is 0 Å². The maximum Gasteiger partial charge on any atom is 0.328 e. The Morgan fingerprint density at radius 3 is 2.60 bits per heavy atom.